The van der Waals surface area contributed by atoms with Crippen LogP contribution in [0.15, 0.2) is 29.2 Å². The average molecular weight is 312 g/mol. The quantitative estimate of drug-likeness (QED) is 0.751. The Hall–Kier alpha value is -0.910. The summed E-state index contributed by atoms with van der Waals surface area (Å²) in [7, 11) is -1.76. The van der Waals surface area contributed by atoms with Gasteiger partial charge in [0.1, 0.15) is 0 Å². The number of benzene rings is 1. The van der Waals surface area contributed by atoms with Crippen molar-refractivity contribution in [1.82, 2.24) is 9.62 Å². The number of hydrogen-bond donors (Lipinski definition) is 1. The van der Waals surface area contributed by atoms with Crippen molar-refractivity contribution in [2.45, 2.75) is 51.6 Å². The molecule has 0 saturated carbocycles. The molecule has 1 rings (SSSR count). The maximum Gasteiger partial charge on any atom is 0.243 e. The molecule has 0 amide bonds. The molecule has 1 unspecified atom stereocenters. The molecular formula is C16H28N2O2S. The van der Waals surface area contributed by atoms with Gasteiger partial charge in [-0.15, -0.1) is 0 Å². The first-order chi connectivity index (χ1) is 9.80. The van der Waals surface area contributed by atoms with Crippen LogP contribution in [-0.4, -0.2) is 32.4 Å². The smallest absolute Gasteiger partial charge is 0.243 e. The molecule has 0 aliphatic carbocycles. The van der Waals surface area contributed by atoms with E-state index in [4.69, 9.17) is 0 Å². The fourth-order valence-corrected chi connectivity index (χ4v) is 3.49. The van der Waals surface area contributed by atoms with Crippen LogP contribution in [0.3, 0.4) is 0 Å². The van der Waals surface area contributed by atoms with E-state index in [1.165, 1.54) is 4.31 Å². The van der Waals surface area contributed by atoms with Gasteiger partial charge in [0.15, 0.2) is 0 Å². The lowest BCUT2D eigenvalue weighted by Gasteiger charge is -2.27. The molecule has 0 bridgehead atoms. The molecule has 0 heterocycles. The Morgan fingerprint density at radius 3 is 2.19 bits per heavy atom. The zero-order valence-corrected chi connectivity index (χ0v) is 14.6. The molecule has 0 spiro atoms. The van der Waals surface area contributed by atoms with Crippen LogP contribution in [0.1, 0.15) is 39.7 Å². The maximum absolute atomic E-state index is 12.6. The van der Waals surface area contributed by atoms with E-state index in [1.807, 2.05) is 32.9 Å². The normalized spacial score (nSPS) is 13.9. The molecule has 4 nitrogen and oxygen atoms in total. The minimum Gasteiger partial charge on any atom is -0.313 e. The third kappa shape index (κ3) is 4.80. The fourth-order valence-electron chi connectivity index (χ4n) is 1.99. The van der Waals surface area contributed by atoms with Gasteiger partial charge in [-0.2, -0.15) is 4.31 Å². The van der Waals surface area contributed by atoms with E-state index < -0.39 is 10.0 Å². The molecule has 0 radical (unpaired) electrons. The van der Waals surface area contributed by atoms with Crippen molar-refractivity contribution in [3.05, 3.63) is 29.8 Å². The lowest BCUT2D eigenvalue weighted by molar-refractivity contribution is 0.316. The third-order valence-electron chi connectivity index (χ3n) is 3.89. The van der Waals surface area contributed by atoms with Gasteiger partial charge >= 0.3 is 0 Å². The SMILES string of the molecule is CCCNCc1ccc(S(=O)(=O)N(C)C(C)C(C)C)cc1. The molecule has 120 valence electrons. The first-order valence-corrected chi connectivity index (χ1v) is 9.02. The highest BCUT2D eigenvalue weighted by atomic mass is 32.2. The molecule has 1 atom stereocenters. The monoisotopic (exact) mass is 312 g/mol. The van der Waals surface area contributed by atoms with Crippen LogP contribution in [0.25, 0.3) is 0 Å². The predicted molar refractivity (Wildman–Crippen MR) is 87.7 cm³/mol. The fraction of sp³-hybridized carbons (Fsp3) is 0.625. The highest BCUT2D eigenvalue weighted by Crippen LogP contribution is 2.20. The van der Waals surface area contributed by atoms with Crippen molar-refractivity contribution >= 4 is 10.0 Å². The maximum atomic E-state index is 12.6. The summed E-state index contributed by atoms with van der Waals surface area (Å²) in [5.41, 5.74) is 1.10. The van der Waals surface area contributed by atoms with Crippen LogP contribution < -0.4 is 5.32 Å². The van der Waals surface area contributed by atoms with Gasteiger partial charge in [-0.05, 0) is 43.5 Å². The van der Waals surface area contributed by atoms with Gasteiger partial charge in [-0.25, -0.2) is 8.42 Å². The summed E-state index contributed by atoms with van der Waals surface area (Å²) in [6, 6.07) is 7.12. The van der Waals surface area contributed by atoms with E-state index in [-0.39, 0.29) is 12.0 Å². The second kappa shape index (κ2) is 7.92. The lowest BCUT2D eigenvalue weighted by Crippen LogP contribution is -2.38. The zero-order chi connectivity index (χ0) is 16.0. The standard InChI is InChI=1S/C16H28N2O2S/c1-6-11-17-12-15-7-9-16(10-8-15)21(19,20)18(5)14(4)13(2)3/h7-10,13-14,17H,6,11-12H2,1-5H3. The average Bonchev–Trinajstić information content (AvgIpc) is 2.46. The largest absolute Gasteiger partial charge is 0.313 e. The first-order valence-electron chi connectivity index (χ1n) is 7.58. The molecule has 21 heavy (non-hydrogen) atoms. The Kier molecular flexibility index (Phi) is 6.84. The van der Waals surface area contributed by atoms with Gasteiger partial charge < -0.3 is 5.32 Å². The third-order valence-corrected chi connectivity index (χ3v) is 5.85. The second-order valence-corrected chi connectivity index (χ2v) is 7.82. The molecular weight excluding hydrogens is 284 g/mol. The molecule has 1 N–H and O–H groups in total. The summed E-state index contributed by atoms with van der Waals surface area (Å²) in [4.78, 5) is 0.358. The minimum atomic E-state index is -3.41. The van der Waals surface area contributed by atoms with Gasteiger partial charge in [0.05, 0.1) is 4.90 Å². The van der Waals surface area contributed by atoms with E-state index in [2.05, 4.69) is 12.2 Å². The molecule has 1 aromatic carbocycles. The van der Waals surface area contributed by atoms with Crippen molar-refractivity contribution in [3.8, 4) is 0 Å². The summed E-state index contributed by atoms with van der Waals surface area (Å²) >= 11 is 0. The number of nitrogens with zero attached hydrogens (tertiary/aromatic N) is 1. The van der Waals surface area contributed by atoms with Crippen molar-refractivity contribution in [2.24, 2.45) is 5.92 Å². The van der Waals surface area contributed by atoms with E-state index in [0.29, 0.717) is 4.90 Å². The van der Waals surface area contributed by atoms with Crippen LogP contribution >= 0.6 is 0 Å². The Bertz CT molecular complexity index is 524. The van der Waals surface area contributed by atoms with Gasteiger partial charge in [0.25, 0.3) is 0 Å². The van der Waals surface area contributed by atoms with Crippen molar-refractivity contribution in [1.29, 1.82) is 0 Å². The van der Waals surface area contributed by atoms with E-state index in [9.17, 15) is 8.42 Å². The highest BCUT2D eigenvalue weighted by molar-refractivity contribution is 7.89. The summed E-state index contributed by atoms with van der Waals surface area (Å²) in [6.07, 6.45) is 1.09. The highest BCUT2D eigenvalue weighted by Gasteiger charge is 2.26. The molecule has 0 fully saturated rings. The van der Waals surface area contributed by atoms with Gasteiger partial charge in [-0.1, -0.05) is 32.9 Å². The van der Waals surface area contributed by atoms with Crippen LogP contribution in [-0.2, 0) is 16.6 Å². The molecule has 0 saturated heterocycles. The van der Waals surface area contributed by atoms with E-state index in [1.54, 1.807) is 19.2 Å². The number of rotatable bonds is 8. The number of hydrogen-bond acceptors (Lipinski definition) is 3. The number of nitrogens with one attached hydrogen (secondary N) is 1. The minimum absolute atomic E-state index is 0.0269. The van der Waals surface area contributed by atoms with Crippen molar-refractivity contribution in [2.75, 3.05) is 13.6 Å². The topological polar surface area (TPSA) is 49.4 Å². The van der Waals surface area contributed by atoms with Crippen molar-refractivity contribution < 1.29 is 8.42 Å². The lowest BCUT2D eigenvalue weighted by atomic mass is 10.1. The summed E-state index contributed by atoms with van der Waals surface area (Å²) in [6.45, 7) is 9.85. The molecule has 0 aliphatic heterocycles. The van der Waals surface area contributed by atoms with Gasteiger partial charge in [0, 0.05) is 19.6 Å². The molecule has 0 aliphatic rings. The molecule has 5 heteroatoms. The Morgan fingerprint density at radius 2 is 1.71 bits per heavy atom. The van der Waals surface area contributed by atoms with Gasteiger partial charge in [-0.3, -0.25) is 0 Å². The zero-order valence-electron chi connectivity index (χ0n) is 13.8. The summed E-state index contributed by atoms with van der Waals surface area (Å²) in [5.74, 6) is 0.280. The Labute approximate surface area is 129 Å². The molecule has 0 aromatic heterocycles. The van der Waals surface area contributed by atoms with Crippen LogP contribution in [0.2, 0.25) is 0 Å². The molecule has 1 aromatic rings. The predicted octanol–water partition coefficient (Wildman–Crippen LogP) is 2.85. The summed E-state index contributed by atoms with van der Waals surface area (Å²) < 4.78 is 26.6. The summed E-state index contributed by atoms with van der Waals surface area (Å²) in [5, 5.41) is 3.31. The Balaban J connectivity index is 2.84. The van der Waals surface area contributed by atoms with Crippen molar-refractivity contribution in [3.63, 3.8) is 0 Å². The van der Waals surface area contributed by atoms with Crippen LogP contribution in [0, 0.1) is 5.92 Å². The van der Waals surface area contributed by atoms with Crippen LogP contribution in [0.4, 0.5) is 0 Å². The van der Waals surface area contributed by atoms with E-state index in [0.717, 1.165) is 25.1 Å². The second-order valence-electron chi connectivity index (χ2n) is 5.83. The van der Waals surface area contributed by atoms with Gasteiger partial charge in [0.2, 0.25) is 10.0 Å². The Morgan fingerprint density at radius 1 is 1.14 bits per heavy atom. The van der Waals surface area contributed by atoms with Crippen LogP contribution in [0.5, 0.6) is 0 Å². The first kappa shape index (κ1) is 18.1. The van der Waals surface area contributed by atoms with E-state index >= 15 is 0 Å². The number of sulfonamides is 1.